The van der Waals surface area contributed by atoms with Crippen molar-refractivity contribution in [2.75, 3.05) is 18.4 Å². The van der Waals surface area contributed by atoms with Gasteiger partial charge in [0.05, 0.1) is 16.8 Å². The molecule has 0 bridgehead atoms. The fourth-order valence-corrected chi connectivity index (χ4v) is 2.81. The van der Waals surface area contributed by atoms with Crippen LogP contribution in [-0.4, -0.2) is 29.9 Å². The first kappa shape index (κ1) is 15.3. The van der Waals surface area contributed by atoms with Crippen LogP contribution in [-0.2, 0) is 4.79 Å². The molecule has 110 valence electrons. The molecule has 0 unspecified atom stereocenters. The molecule has 1 aliphatic heterocycles. The van der Waals surface area contributed by atoms with Crippen LogP contribution in [0.4, 0.5) is 5.69 Å². The Morgan fingerprint density at radius 2 is 1.75 bits per heavy atom. The highest BCUT2D eigenvalue weighted by molar-refractivity contribution is 6.33. The molecule has 1 atom stereocenters. The van der Waals surface area contributed by atoms with Gasteiger partial charge in [0, 0.05) is 0 Å². The van der Waals surface area contributed by atoms with E-state index in [1.807, 2.05) is 25.1 Å². The van der Waals surface area contributed by atoms with Gasteiger partial charge < -0.3 is 5.32 Å². The molecule has 1 saturated heterocycles. The Balaban J connectivity index is 1.95. The zero-order chi connectivity index (χ0) is 14.4. The molecule has 0 radical (unpaired) electrons. The SMILES string of the molecule is C[C@@H](C(=O)Nc1ccccc1Cl)N1CCCCCCC1. The van der Waals surface area contributed by atoms with Crippen LogP contribution in [0.3, 0.4) is 0 Å². The summed E-state index contributed by atoms with van der Waals surface area (Å²) in [7, 11) is 0. The zero-order valence-corrected chi connectivity index (χ0v) is 12.8. The molecule has 1 aliphatic rings. The van der Waals surface area contributed by atoms with Crippen molar-refractivity contribution in [2.45, 2.75) is 45.1 Å². The van der Waals surface area contributed by atoms with Crippen LogP contribution in [0.1, 0.15) is 39.0 Å². The van der Waals surface area contributed by atoms with Crippen molar-refractivity contribution < 1.29 is 4.79 Å². The minimum Gasteiger partial charge on any atom is -0.323 e. The zero-order valence-electron chi connectivity index (χ0n) is 12.1. The number of nitrogens with zero attached hydrogens (tertiary/aromatic N) is 1. The van der Waals surface area contributed by atoms with Gasteiger partial charge >= 0.3 is 0 Å². The summed E-state index contributed by atoms with van der Waals surface area (Å²) in [6.45, 7) is 4.00. The van der Waals surface area contributed by atoms with Gasteiger partial charge in [-0.05, 0) is 45.0 Å². The quantitative estimate of drug-likeness (QED) is 0.916. The molecule has 3 nitrogen and oxygen atoms in total. The third-order valence-electron chi connectivity index (χ3n) is 3.95. The smallest absolute Gasteiger partial charge is 0.241 e. The standard InChI is InChI=1S/C16H23ClN2O/c1-13(19-11-7-3-2-4-8-12-19)16(20)18-15-10-6-5-9-14(15)17/h5-6,9-10,13H,2-4,7-8,11-12H2,1H3,(H,18,20)/t13-/m0/s1. The Kier molecular flexibility index (Phi) is 5.86. The molecule has 0 saturated carbocycles. The largest absolute Gasteiger partial charge is 0.323 e. The lowest BCUT2D eigenvalue weighted by Gasteiger charge is -2.29. The Morgan fingerprint density at radius 3 is 2.40 bits per heavy atom. The summed E-state index contributed by atoms with van der Waals surface area (Å²) in [5, 5.41) is 3.51. The fraction of sp³-hybridized carbons (Fsp3) is 0.562. The number of anilines is 1. The van der Waals surface area contributed by atoms with Crippen molar-refractivity contribution in [3.8, 4) is 0 Å². The van der Waals surface area contributed by atoms with Gasteiger partial charge in [-0.15, -0.1) is 0 Å². The van der Waals surface area contributed by atoms with E-state index in [1.54, 1.807) is 6.07 Å². The Bertz CT molecular complexity index is 442. The number of hydrogen-bond donors (Lipinski definition) is 1. The number of amides is 1. The molecular weight excluding hydrogens is 272 g/mol. The fourth-order valence-electron chi connectivity index (χ4n) is 2.62. The van der Waals surface area contributed by atoms with Crippen LogP contribution in [0.15, 0.2) is 24.3 Å². The van der Waals surface area contributed by atoms with Crippen molar-refractivity contribution in [2.24, 2.45) is 0 Å². The van der Waals surface area contributed by atoms with E-state index in [2.05, 4.69) is 10.2 Å². The second kappa shape index (κ2) is 7.65. The third kappa shape index (κ3) is 4.22. The molecule has 20 heavy (non-hydrogen) atoms. The Labute approximate surface area is 126 Å². The molecule has 4 heteroatoms. The van der Waals surface area contributed by atoms with Crippen LogP contribution >= 0.6 is 11.6 Å². The van der Waals surface area contributed by atoms with E-state index in [1.165, 1.54) is 32.1 Å². The third-order valence-corrected chi connectivity index (χ3v) is 4.28. The molecule has 1 aromatic carbocycles. The summed E-state index contributed by atoms with van der Waals surface area (Å²) in [5.41, 5.74) is 0.693. The van der Waals surface area contributed by atoms with Crippen molar-refractivity contribution in [3.63, 3.8) is 0 Å². The van der Waals surface area contributed by atoms with E-state index in [9.17, 15) is 4.79 Å². The molecule has 1 N–H and O–H groups in total. The molecule has 1 fully saturated rings. The van der Waals surface area contributed by atoms with Crippen LogP contribution in [0.25, 0.3) is 0 Å². The van der Waals surface area contributed by atoms with Gasteiger partial charge in [0.15, 0.2) is 0 Å². The number of carbonyl (C=O) groups excluding carboxylic acids is 1. The summed E-state index contributed by atoms with van der Waals surface area (Å²) < 4.78 is 0. The number of carbonyl (C=O) groups is 1. The van der Waals surface area contributed by atoms with Gasteiger partial charge in [0.1, 0.15) is 0 Å². The molecule has 0 aliphatic carbocycles. The molecule has 0 spiro atoms. The first-order chi connectivity index (χ1) is 9.68. The number of hydrogen-bond acceptors (Lipinski definition) is 2. The van der Waals surface area contributed by atoms with Gasteiger partial charge in [0.2, 0.25) is 5.91 Å². The van der Waals surface area contributed by atoms with E-state index in [-0.39, 0.29) is 11.9 Å². The van der Waals surface area contributed by atoms with Crippen molar-refractivity contribution in [1.29, 1.82) is 0 Å². The molecule has 1 heterocycles. The predicted molar refractivity (Wildman–Crippen MR) is 84.2 cm³/mol. The number of benzene rings is 1. The number of rotatable bonds is 3. The molecule has 1 amide bonds. The average molecular weight is 295 g/mol. The first-order valence-corrected chi connectivity index (χ1v) is 7.86. The summed E-state index contributed by atoms with van der Waals surface area (Å²) >= 11 is 6.08. The maximum atomic E-state index is 12.4. The monoisotopic (exact) mass is 294 g/mol. The maximum Gasteiger partial charge on any atom is 0.241 e. The normalized spacial score (nSPS) is 18.9. The number of likely N-dealkylation sites (tertiary alicyclic amines) is 1. The molecular formula is C16H23ClN2O. The number of halogens is 1. The van der Waals surface area contributed by atoms with Crippen LogP contribution < -0.4 is 5.32 Å². The first-order valence-electron chi connectivity index (χ1n) is 7.48. The minimum absolute atomic E-state index is 0.0265. The number of nitrogens with one attached hydrogen (secondary N) is 1. The second-order valence-corrected chi connectivity index (χ2v) is 5.86. The van der Waals surface area contributed by atoms with Crippen molar-refractivity contribution in [1.82, 2.24) is 4.90 Å². The van der Waals surface area contributed by atoms with E-state index in [0.717, 1.165) is 13.1 Å². The average Bonchev–Trinajstić information content (AvgIpc) is 2.40. The Hall–Kier alpha value is -1.06. The topological polar surface area (TPSA) is 32.3 Å². The second-order valence-electron chi connectivity index (χ2n) is 5.45. The van der Waals surface area contributed by atoms with Gasteiger partial charge in [-0.2, -0.15) is 0 Å². The van der Waals surface area contributed by atoms with E-state index >= 15 is 0 Å². The highest BCUT2D eigenvalue weighted by Crippen LogP contribution is 2.21. The van der Waals surface area contributed by atoms with Gasteiger partial charge in [-0.25, -0.2) is 0 Å². The number of para-hydroxylation sites is 1. The van der Waals surface area contributed by atoms with Gasteiger partial charge in [-0.1, -0.05) is 43.0 Å². The lowest BCUT2D eigenvalue weighted by atomic mass is 10.1. The lowest BCUT2D eigenvalue weighted by Crippen LogP contribution is -2.43. The lowest BCUT2D eigenvalue weighted by molar-refractivity contribution is -0.120. The molecule has 2 rings (SSSR count). The van der Waals surface area contributed by atoms with Gasteiger partial charge in [0.25, 0.3) is 0 Å². The molecule has 1 aromatic rings. The van der Waals surface area contributed by atoms with Crippen molar-refractivity contribution in [3.05, 3.63) is 29.3 Å². The van der Waals surface area contributed by atoms with Crippen LogP contribution in [0.5, 0.6) is 0 Å². The predicted octanol–water partition coefficient (Wildman–Crippen LogP) is 3.93. The van der Waals surface area contributed by atoms with E-state index in [0.29, 0.717) is 10.7 Å². The highest BCUT2D eigenvalue weighted by atomic mass is 35.5. The highest BCUT2D eigenvalue weighted by Gasteiger charge is 2.22. The maximum absolute atomic E-state index is 12.4. The van der Waals surface area contributed by atoms with E-state index < -0.39 is 0 Å². The summed E-state index contributed by atoms with van der Waals surface area (Å²) in [4.78, 5) is 14.6. The van der Waals surface area contributed by atoms with Crippen LogP contribution in [0.2, 0.25) is 5.02 Å². The van der Waals surface area contributed by atoms with Gasteiger partial charge in [-0.3, -0.25) is 9.69 Å². The Morgan fingerprint density at radius 1 is 1.15 bits per heavy atom. The summed E-state index contributed by atoms with van der Waals surface area (Å²) in [6, 6.07) is 7.25. The summed E-state index contributed by atoms with van der Waals surface area (Å²) in [6.07, 6.45) is 6.24. The minimum atomic E-state index is -0.107. The van der Waals surface area contributed by atoms with Crippen molar-refractivity contribution >= 4 is 23.2 Å². The summed E-state index contributed by atoms with van der Waals surface area (Å²) in [5.74, 6) is 0.0265. The van der Waals surface area contributed by atoms with E-state index in [4.69, 9.17) is 11.6 Å². The molecule has 0 aromatic heterocycles. The van der Waals surface area contributed by atoms with Crippen LogP contribution in [0, 0.1) is 0 Å².